The number of aromatic nitrogens is 1. The van der Waals surface area contributed by atoms with Gasteiger partial charge in [-0.2, -0.15) is 0 Å². The van der Waals surface area contributed by atoms with E-state index in [1.807, 2.05) is 11.0 Å². The summed E-state index contributed by atoms with van der Waals surface area (Å²) in [7, 11) is 2.08. The molecular weight excluding hydrogens is 226 g/mol. The topological polar surface area (TPSA) is 36.4 Å². The van der Waals surface area contributed by atoms with E-state index in [0.717, 1.165) is 26.2 Å². The predicted molar refractivity (Wildman–Crippen MR) is 64.9 cm³/mol. The van der Waals surface area contributed by atoms with Crippen LogP contribution in [0.4, 0.5) is 0 Å². The number of nitrogens with zero attached hydrogens (tertiary/aromatic N) is 3. The first kappa shape index (κ1) is 12.9. The number of amides is 1. The molecule has 88 valence electrons. The van der Waals surface area contributed by atoms with Gasteiger partial charge in [-0.25, -0.2) is 0 Å². The molecule has 1 amide bonds. The molecule has 1 aromatic rings. The number of halogens is 1. The van der Waals surface area contributed by atoms with Crippen molar-refractivity contribution in [3.63, 3.8) is 0 Å². The van der Waals surface area contributed by atoms with Gasteiger partial charge in [-0.1, -0.05) is 0 Å². The first-order valence-corrected chi connectivity index (χ1v) is 5.15. The Labute approximate surface area is 102 Å². The lowest BCUT2D eigenvalue weighted by atomic mass is 10.2. The summed E-state index contributed by atoms with van der Waals surface area (Å²) in [6, 6.07) is 3.61. The van der Waals surface area contributed by atoms with E-state index < -0.39 is 0 Å². The minimum atomic E-state index is 0. The van der Waals surface area contributed by atoms with Crippen LogP contribution in [0.2, 0.25) is 0 Å². The van der Waals surface area contributed by atoms with Crippen LogP contribution >= 0.6 is 12.4 Å². The zero-order valence-corrected chi connectivity index (χ0v) is 10.1. The molecule has 0 aromatic carbocycles. The highest BCUT2D eigenvalue weighted by Gasteiger charge is 2.19. The molecule has 1 saturated heterocycles. The van der Waals surface area contributed by atoms with Crippen molar-refractivity contribution in [3.8, 4) is 0 Å². The third-order valence-electron chi connectivity index (χ3n) is 2.70. The van der Waals surface area contributed by atoms with Gasteiger partial charge in [-0.3, -0.25) is 9.78 Å². The quantitative estimate of drug-likeness (QED) is 0.733. The summed E-state index contributed by atoms with van der Waals surface area (Å²) in [5, 5.41) is 0. The molecule has 0 unspecified atom stereocenters. The Hall–Kier alpha value is -1.13. The molecule has 0 radical (unpaired) electrons. The fraction of sp³-hybridized carbons (Fsp3) is 0.455. The van der Waals surface area contributed by atoms with Gasteiger partial charge in [0.2, 0.25) is 0 Å². The number of pyridine rings is 1. The molecule has 0 N–H and O–H groups in total. The maximum absolute atomic E-state index is 12.0. The lowest BCUT2D eigenvalue weighted by Gasteiger charge is -2.32. The summed E-state index contributed by atoms with van der Waals surface area (Å²) in [6.07, 6.45) is 3.31. The van der Waals surface area contributed by atoms with Crippen molar-refractivity contribution in [1.29, 1.82) is 0 Å². The van der Waals surface area contributed by atoms with Crippen LogP contribution in [0.1, 0.15) is 10.4 Å². The SMILES string of the molecule is CN1CCN(C(=O)c2cccnc2)CC1.Cl. The van der Waals surface area contributed by atoms with Crippen molar-refractivity contribution in [3.05, 3.63) is 30.1 Å². The Morgan fingerprint density at radius 1 is 1.31 bits per heavy atom. The van der Waals surface area contributed by atoms with E-state index in [4.69, 9.17) is 0 Å². The van der Waals surface area contributed by atoms with Crippen molar-refractivity contribution in [2.75, 3.05) is 33.2 Å². The zero-order valence-electron chi connectivity index (χ0n) is 9.30. The van der Waals surface area contributed by atoms with E-state index in [0.29, 0.717) is 5.56 Å². The fourth-order valence-electron chi connectivity index (χ4n) is 1.68. The number of piperazine rings is 1. The summed E-state index contributed by atoms with van der Waals surface area (Å²) < 4.78 is 0. The van der Waals surface area contributed by atoms with Crippen LogP contribution in [0.5, 0.6) is 0 Å². The van der Waals surface area contributed by atoms with Crippen molar-refractivity contribution < 1.29 is 4.79 Å². The second-order valence-electron chi connectivity index (χ2n) is 3.84. The average molecular weight is 242 g/mol. The summed E-state index contributed by atoms with van der Waals surface area (Å²) in [6.45, 7) is 3.52. The van der Waals surface area contributed by atoms with Crippen LogP contribution in [0.3, 0.4) is 0 Å². The molecule has 1 fully saturated rings. The first-order chi connectivity index (χ1) is 7.27. The molecule has 1 aliphatic heterocycles. The largest absolute Gasteiger partial charge is 0.336 e. The van der Waals surface area contributed by atoms with Gasteiger partial charge in [0, 0.05) is 38.6 Å². The molecular formula is C11H16ClN3O. The number of carbonyl (C=O) groups is 1. The van der Waals surface area contributed by atoms with Gasteiger partial charge in [0.1, 0.15) is 0 Å². The van der Waals surface area contributed by atoms with Crippen LogP contribution in [0, 0.1) is 0 Å². The van der Waals surface area contributed by atoms with E-state index >= 15 is 0 Å². The highest BCUT2D eigenvalue weighted by molar-refractivity contribution is 5.93. The molecule has 2 rings (SSSR count). The Bertz CT molecular complexity index is 336. The van der Waals surface area contributed by atoms with Crippen LogP contribution in [-0.2, 0) is 0 Å². The highest BCUT2D eigenvalue weighted by atomic mass is 35.5. The second kappa shape index (κ2) is 5.82. The monoisotopic (exact) mass is 241 g/mol. The fourth-order valence-corrected chi connectivity index (χ4v) is 1.68. The highest BCUT2D eigenvalue weighted by Crippen LogP contribution is 2.06. The van der Waals surface area contributed by atoms with E-state index in [2.05, 4.69) is 16.9 Å². The number of rotatable bonds is 1. The van der Waals surface area contributed by atoms with Crippen molar-refractivity contribution >= 4 is 18.3 Å². The Kier molecular flexibility index (Phi) is 4.71. The first-order valence-electron chi connectivity index (χ1n) is 5.15. The summed E-state index contributed by atoms with van der Waals surface area (Å²) in [5.74, 6) is 0.0937. The van der Waals surface area contributed by atoms with Gasteiger partial charge in [-0.15, -0.1) is 12.4 Å². The molecule has 0 atom stereocenters. The van der Waals surface area contributed by atoms with Crippen LogP contribution in [0.15, 0.2) is 24.5 Å². The zero-order chi connectivity index (χ0) is 10.7. The summed E-state index contributed by atoms with van der Waals surface area (Å²) >= 11 is 0. The van der Waals surface area contributed by atoms with Gasteiger partial charge in [-0.05, 0) is 19.2 Å². The normalized spacial score (nSPS) is 16.7. The summed E-state index contributed by atoms with van der Waals surface area (Å²) in [5.41, 5.74) is 0.682. The maximum Gasteiger partial charge on any atom is 0.255 e. The smallest absolute Gasteiger partial charge is 0.255 e. The van der Waals surface area contributed by atoms with Crippen LogP contribution in [-0.4, -0.2) is 53.9 Å². The summed E-state index contributed by atoms with van der Waals surface area (Å²) in [4.78, 5) is 20.0. The third-order valence-corrected chi connectivity index (χ3v) is 2.70. The van der Waals surface area contributed by atoms with E-state index in [1.165, 1.54) is 0 Å². The Morgan fingerprint density at radius 2 is 2.00 bits per heavy atom. The molecule has 4 nitrogen and oxygen atoms in total. The maximum atomic E-state index is 12.0. The minimum absolute atomic E-state index is 0. The number of likely N-dealkylation sites (N-methyl/N-ethyl adjacent to an activating group) is 1. The molecule has 0 aliphatic carbocycles. The molecule has 2 heterocycles. The van der Waals surface area contributed by atoms with Crippen LogP contribution in [0.25, 0.3) is 0 Å². The lowest BCUT2D eigenvalue weighted by Crippen LogP contribution is -2.47. The van der Waals surface area contributed by atoms with E-state index in [1.54, 1.807) is 18.5 Å². The standard InChI is InChI=1S/C11H15N3O.ClH/c1-13-5-7-14(8-6-13)11(15)10-3-2-4-12-9-10;/h2-4,9H,5-8H2,1H3;1H. The van der Waals surface area contributed by atoms with E-state index in [-0.39, 0.29) is 18.3 Å². The van der Waals surface area contributed by atoms with E-state index in [9.17, 15) is 4.79 Å². The number of hydrogen-bond acceptors (Lipinski definition) is 3. The lowest BCUT2D eigenvalue weighted by molar-refractivity contribution is 0.0663. The van der Waals surface area contributed by atoms with Crippen molar-refractivity contribution in [1.82, 2.24) is 14.8 Å². The molecule has 1 aliphatic rings. The molecule has 0 bridgehead atoms. The molecule has 5 heteroatoms. The minimum Gasteiger partial charge on any atom is -0.336 e. The molecule has 0 spiro atoms. The van der Waals surface area contributed by atoms with Crippen molar-refractivity contribution in [2.45, 2.75) is 0 Å². The number of hydrogen-bond donors (Lipinski definition) is 0. The third kappa shape index (κ3) is 2.93. The molecule has 1 aromatic heterocycles. The molecule has 0 saturated carbocycles. The number of carbonyl (C=O) groups excluding carboxylic acids is 1. The second-order valence-corrected chi connectivity index (χ2v) is 3.84. The van der Waals surface area contributed by atoms with Gasteiger partial charge < -0.3 is 9.80 Å². The Balaban J connectivity index is 0.00000128. The van der Waals surface area contributed by atoms with Gasteiger partial charge >= 0.3 is 0 Å². The van der Waals surface area contributed by atoms with Gasteiger partial charge in [0.15, 0.2) is 0 Å². The van der Waals surface area contributed by atoms with Crippen molar-refractivity contribution in [2.24, 2.45) is 0 Å². The average Bonchev–Trinajstić information content (AvgIpc) is 2.30. The Morgan fingerprint density at radius 3 is 2.56 bits per heavy atom. The predicted octanol–water partition coefficient (Wildman–Crippen LogP) is 0.891. The van der Waals surface area contributed by atoms with Gasteiger partial charge in [0.25, 0.3) is 5.91 Å². The van der Waals surface area contributed by atoms with Crippen LogP contribution < -0.4 is 0 Å². The molecule has 16 heavy (non-hydrogen) atoms. The van der Waals surface area contributed by atoms with Gasteiger partial charge in [0.05, 0.1) is 5.56 Å².